The molecular formula is C31H33N7O3. The minimum absolute atomic E-state index is 0.0391. The molecule has 2 amide bonds. The van der Waals surface area contributed by atoms with Crippen LogP contribution in [0, 0.1) is 6.92 Å². The molecule has 3 aromatic carbocycles. The Hall–Kier alpha value is -4.57. The molecule has 1 saturated heterocycles. The van der Waals surface area contributed by atoms with Crippen LogP contribution in [0.4, 0.5) is 0 Å². The normalized spacial score (nSPS) is 15.8. The summed E-state index contributed by atoms with van der Waals surface area (Å²) < 4.78 is 9.23. The molecule has 0 aliphatic carbocycles. The predicted octanol–water partition coefficient (Wildman–Crippen LogP) is 3.69. The van der Waals surface area contributed by atoms with Gasteiger partial charge >= 0.3 is 0 Å². The Kier molecular flexibility index (Phi) is 7.47. The van der Waals surface area contributed by atoms with Crippen molar-refractivity contribution in [1.82, 2.24) is 34.8 Å². The van der Waals surface area contributed by atoms with Crippen molar-refractivity contribution in [2.45, 2.75) is 45.0 Å². The first-order valence-corrected chi connectivity index (χ1v) is 13.9. The van der Waals surface area contributed by atoms with Crippen LogP contribution in [0.3, 0.4) is 0 Å². The van der Waals surface area contributed by atoms with Gasteiger partial charge in [-0.3, -0.25) is 9.59 Å². The van der Waals surface area contributed by atoms with E-state index in [9.17, 15) is 9.59 Å². The van der Waals surface area contributed by atoms with Crippen molar-refractivity contribution in [3.8, 4) is 0 Å². The zero-order valence-electron chi connectivity index (χ0n) is 23.2. The van der Waals surface area contributed by atoms with E-state index in [-0.39, 0.29) is 31.0 Å². The van der Waals surface area contributed by atoms with Gasteiger partial charge in [-0.15, -0.1) is 5.10 Å². The number of ether oxygens (including phenoxy) is 1. The van der Waals surface area contributed by atoms with Crippen molar-refractivity contribution in [1.29, 1.82) is 0 Å². The molecule has 10 heteroatoms. The number of aryl methyl sites for hydroxylation is 2. The van der Waals surface area contributed by atoms with E-state index in [4.69, 9.17) is 9.72 Å². The number of imidazole rings is 1. The summed E-state index contributed by atoms with van der Waals surface area (Å²) in [5.41, 5.74) is 5.10. The lowest BCUT2D eigenvalue weighted by atomic mass is 10.1. The fraction of sp³-hybridized carbons (Fsp3) is 0.323. The van der Waals surface area contributed by atoms with Gasteiger partial charge in [-0.2, -0.15) is 0 Å². The lowest BCUT2D eigenvalue weighted by Gasteiger charge is -2.31. The topological polar surface area (TPSA) is 107 Å². The van der Waals surface area contributed by atoms with E-state index in [0.29, 0.717) is 24.5 Å². The van der Waals surface area contributed by atoms with Gasteiger partial charge in [0.15, 0.2) is 6.04 Å². The minimum atomic E-state index is -0.989. The zero-order chi connectivity index (χ0) is 28.3. The molecule has 2 atom stereocenters. The van der Waals surface area contributed by atoms with Crippen molar-refractivity contribution in [3.63, 3.8) is 0 Å². The van der Waals surface area contributed by atoms with Gasteiger partial charge in [0.05, 0.1) is 22.7 Å². The number of carbonyl (C=O) groups excluding carboxylic acids is 2. The highest BCUT2D eigenvalue weighted by Crippen LogP contribution is 2.27. The molecule has 0 unspecified atom stereocenters. The van der Waals surface area contributed by atoms with Crippen molar-refractivity contribution in [2.24, 2.45) is 7.05 Å². The number of para-hydroxylation sites is 3. The van der Waals surface area contributed by atoms with Gasteiger partial charge in [-0.25, -0.2) is 9.67 Å². The van der Waals surface area contributed by atoms with E-state index in [1.54, 1.807) is 9.58 Å². The van der Waals surface area contributed by atoms with Crippen LogP contribution < -0.4 is 5.32 Å². The summed E-state index contributed by atoms with van der Waals surface area (Å²) in [4.78, 5) is 34.8. The quantitative estimate of drug-likeness (QED) is 0.300. The Labute approximate surface area is 237 Å². The maximum absolute atomic E-state index is 14.2. The van der Waals surface area contributed by atoms with Gasteiger partial charge < -0.3 is 19.5 Å². The standard InChI is InChI=1S/C31H33N7O3/c1-21-13-15-22(16-14-21)19-37(28(39)20-38-27-12-6-4-10-25(27)34-35-38)29(31(40)32-18-23-8-7-17-41-23)30-33-24-9-3-5-11-26(24)36(30)2/h3-6,9-16,23,29H,7-8,17-20H2,1-2H3,(H,32,40)/t23-,29-/m0/s1. The Balaban J connectivity index is 1.41. The predicted molar refractivity (Wildman–Crippen MR) is 155 cm³/mol. The maximum atomic E-state index is 14.2. The first-order chi connectivity index (χ1) is 20.0. The number of hydrogen-bond donors (Lipinski definition) is 1. The summed E-state index contributed by atoms with van der Waals surface area (Å²) >= 11 is 0. The number of nitrogens with zero attached hydrogens (tertiary/aromatic N) is 6. The SMILES string of the molecule is Cc1ccc(CN(C(=O)Cn2nnc3ccccc32)[C@H](C(=O)NC[C@@H]2CCCO2)c2nc3ccccc3n2C)cc1. The summed E-state index contributed by atoms with van der Waals surface area (Å²) in [7, 11) is 1.88. The van der Waals surface area contributed by atoms with E-state index in [1.807, 2.05) is 91.3 Å². The average Bonchev–Trinajstić information content (AvgIpc) is 3.73. The average molecular weight is 552 g/mol. The molecule has 0 radical (unpaired) electrons. The molecule has 210 valence electrons. The number of carbonyl (C=O) groups is 2. The third-order valence-corrected chi connectivity index (χ3v) is 7.65. The number of amides is 2. The van der Waals surface area contributed by atoms with Gasteiger partial charge in [0.1, 0.15) is 17.9 Å². The number of benzene rings is 3. The van der Waals surface area contributed by atoms with E-state index in [1.165, 1.54) is 0 Å². The van der Waals surface area contributed by atoms with Gasteiger partial charge in [0.25, 0.3) is 5.91 Å². The van der Waals surface area contributed by atoms with E-state index >= 15 is 0 Å². The monoisotopic (exact) mass is 551 g/mol. The maximum Gasteiger partial charge on any atom is 0.250 e. The summed E-state index contributed by atoms with van der Waals surface area (Å²) in [6.45, 7) is 3.22. The van der Waals surface area contributed by atoms with Crippen LogP contribution in [-0.2, 0) is 34.5 Å². The smallest absolute Gasteiger partial charge is 0.250 e. The van der Waals surface area contributed by atoms with E-state index < -0.39 is 6.04 Å². The largest absolute Gasteiger partial charge is 0.376 e. The van der Waals surface area contributed by atoms with Gasteiger partial charge in [-0.05, 0) is 49.6 Å². The van der Waals surface area contributed by atoms with Gasteiger partial charge in [-0.1, -0.05) is 59.3 Å². The summed E-state index contributed by atoms with van der Waals surface area (Å²) in [5, 5.41) is 11.5. The fourth-order valence-electron chi connectivity index (χ4n) is 5.39. The van der Waals surface area contributed by atoms with Crippen LogP contribution in [0.25, 0.3) is 22.1 Å². The van der Waals surface area contributed by atoms with Crippen molar-refractivity contribution in [2.75, 3.05) is 13.2 Å². The Morgan fingerprint density at radius 2 is 1.76 bits per heavy atom. The van der Waals surface area contributed by atoms with E-state index in [2.05, 4.69) is 15.6 Å². The van der Waals surface area contributed by atoms with Crippen LogP contribution in [0.5, 0.6) is 0 Å². The number of aromatic nitrogens is 5. The second kappa shape index (κ2) is 11.5. The molecule has 1 aliphatic heterocycles. The molecule has 10 nitrogen and oxygen atoms in total. The van der Waals surface area contributed by atoms with Crippen LogP contribution in [-0.4, -0.2) is 60.5 Å². The van der Waals surface area contributed by atoms with Gasteiger partial charge in [0, 0.05) is 26.7 Å². The van der Waals surface area contributed by atoms with E-state index in [0.717, 1.165) is 40.5 Å². The Morgan fingerprint density at radius 1 is 1.02 bits per heavy atom. The Bertz CT molecular complexity index is 1690. The molecule has 0 saturated carbocycles. The van der Waals surface area contributed by atoms with Crippen LogP contribution in [0.2, 0.25) is 0 Å². The molecule has 3 heterocycles. The van der Waals surface area contributed by atoms with Crippen LogP contribution in [0.15, 0.2) is 72.8 Å². The van der Waals surface area contributed by atoms with Gasteiger partial charge in [0.2, 0.25) is 5.91 Å². The highest BCUT2D eigenvalue weighted by Gasteiger charge is 2.36. The highest BCUT2D eigenvalue weighted by molar-refractivity contribution is 5.90. The molecule has 1 fully saturated rings. The molecule has 0 spiro atoms. The number of rotatable bonds is 9. The molecule has 1 aliphatic rings. The number of nitrogens with one attached hydrogen (secondary N) is 1. The molecule has 0 bridgehead atoms. The lowest BCUT2D eigenvalue weighted by molar-refractivity contribution is -0.142. The molecular weight excluding hydrogens is 518 g/mol. The minimum Gasteiger partial charge on any atom is -0.376 e. The summed E-state index contributed by atoms with van der Waals surface area (Å²) in [6.07, 6.45) is 1.82. The van der Waals surface area contributed by atoms with Crippen molar-refractivity contribution in [3.05, 3.63) is 89.7 Å². The molecule has 1 N–H and O–H groups in total. The summed E-state index contributed by atoms with van der Waals surface area (Å²) in [6, 6.07) is 22.2. The molecule has 6 rings (SSSR count). The van der Waals surface area contributed by atoms with Crippen LogP contribution in [0.1, 0.15) is 35.8 Å². The lowest BCUT2D eigenvalue weighted by Crippen LogP contribution is -2.47. The number of fused-ring (bicyclic) bond motifs is 2. The number of hydrogen-bond acceptors (Lipinski definition) is 6. The highest BCUT2D eigenvalue weighted by atomic mass is 16.5. The molecule has 5 aromatic rings. The first kappa shape index (κ1) is 26.6. The van der Waals surface area contributed by atoms with Crippen LogP contribution >= 0.6 is 0 Å². The fourth-order valence-corrected chi connectivity index (χ4v) is 5.39. The second-order valence-electron chi connectivity index (χ2n) is 10.5. The first-order valence-electron chi connectivity index (χ1n) is 13.9. The zero-order valence-corrected chi connectivity index (χ0v) is 23.2. The third kappa shape index (κ3) is 5.55. The second-order valence-corrected chi connectivity index (χ2v) is 10.5. The van der Waals surface area contributed by atoms with Crippen molar-refractivity contribution < 1.29 is 14.3 Å². The van der Waals surface area contributed by atoms with Crippen molar-refractivity contribution >= 4 is 33.9 Å². The summed E-state index contributed by atoms with van der Waals surface area (Å²) in [5.74, 6) is -0.0895. The molecule has 2 aromatic heterocycles. The Morgan fingerprint density at radius 3 is 2.49 bits per heavy atom. The molecule has 41 heavy (non-hydrogen) atoms. The third-order valence-electron chi connectivity index (χ3n) is 7.65.